The van der Waals surface area contributed by atoms with Crippen LogP contribution in [0.4, 0.5) is 5.69 Å². The molecule has 4 rings (SSSR count). The molecule has 1 aromatic rings. The van der Waals surface area contributed by atoms with Crippen LogP contribution in [-0.2, 0) is 23.9 Å². The molecule has 1 spiro atoms. The molecule has 3 heterocycles. The number of para-hydroxylation sites is 1. The number of carbonyl (C=O) groups excluding carboxylic acids is 3. The highest BCUT2D eigenvalue weighted by molar-refractivity contribution is 6.34. The lowest BCUT2D eigenvalue weighted by atomic mass is 9.70. The number of hydrogen-bond donors (Lipinski definition) is 1. The summed E-state index contributed by atoms with van der Waals surface area (Å²) < 4.78 is 12.0. The van der Waals surface area contributed by atoms with Crippen LogP contribution in [0.5, 0.6) is 0 Å². The number of aliphatic hydroxyl groups excluding tert-OH is 1. The lowest BCUT2D eigenvalue weighted by Gasteiger charge is -2.38. The topological polar surface area (TPSA) is 96.4 Å². The monoisotopic (exact) mass is 530 g/mol. The van der Waals surface area contributed by atoms with Crippen molar-refractivity contribution in [2.45, 2.75) is 62.8 Å². The van der Waals surface area contributed by atoms with Gasteiger partial charge in [0, 0.05) is 6.54 Å². The van der Waals surface area contributed by atoms with Crippen molar-refractivity contribution in [3.05, 3.63) is 54.6 Å². The Kier molecular flexibility index (Phi) is 8.41. The van der Waals surface area contributed by atoms with Gasteiger partial charge in [0.15, 0.2) is 0 Å². The van der Waals surface area contributed by atoms with Crippen molar-refractivity contribution in [2.75, 3.05) is 24.7 Å². The molecule has 0 radical (unpaired) electrons. The summed E-state index contributed by atoms with van der Waals surface area (Å²) >= 11 is 6.45. The van der Waals surface area contributed by atoms with Crippen molar-refractivity contribution in [3.63, 3.8) is 0 Å². The Morgan fingerprint density at radius 2 is 2.08 bits per heavy atom. The van der Waals surface area contributed by atoms with Crippen molar-refractivity contribution in [1.82, 2.24) is 4.90 Å². The Hall–Kier alpha value is -2.68. The lowest BCUT2D eigenvalue weighted by Crippen LogP contribution is -2.58. The second-order valence-corrected chi connectivity index (χ2v) is 10.4. The van der Waals surface area contributed by atoms with Gasteiger partial charge >= 0.3 is 5.97 Å². The number of anilines is 1. The lowest BCUT2D eigenvalue weighted by molar-refractivity contribution is -0.155. The van der Waals surface area contributed by atoms with Gasteiger partial charge in [0.1, 0.15) is 11.6 Å². The summed E-state index contributed by atoms with van der Waals surface area (Å²) in [7, 11) is 0. The molecule has 3 aliphatic heterocycles. The standard InChI is InChI=1S/C28H35ClN2O6/c1-4-6-7-10-16-36-27(35)22-21-13-14-28(37-21)23(22)25(33)31(18(3)17-32)24(28)26(34)30(15-5-2)20-12-9-8-11-19(20)29/h4-5,8-9,11-12,18,21-24,32H,1-2,6-7,10,13-17H2,3H3/t18-,21-,22+,23+,24?,28?/m1/s1. The van der Waals surface area contributed by atoms with Gasteiger partial charge < -0.3 is 24.4 Å². The number of esters is 1. The minimum Gasteiger partial charge on any atom is -0.465 e. The number of nitrogens with zero attached hydrogens (tertiary/aromatic N) is 2. The number of unbranched alkanes of at least 4 members (excludes halogenated alkanes) is 2. The molecule has 3 aliphatic rings. The molecule has 0 saturated carbocycles. The number of benzene rings is 1. The summed E-state index contributed by atoms with van der Waals surface area (Å²) in [6.45, 7) is 9.24. The fourth-order valence-electron chi connectivity index (χ4n) is 6.11. The molecule has 1 N–H and O–H groups in total. The SMILES string of the molecule is C=CCCCCOC(=O)[C@@H]1[C@H]2C(=O)N([C@H](C)CO)C(C(=O)N(CC=C)c3ccccc3Cl)C23CC[C@H]1O3. The maximum Gasteiger partial charge on any atom is 0.312 e. The Bertz CT molecular complexity index is 1060. The second-order valence-electron chi connectivity index (χ2n) is 9.97. The molecule has 1 aromatic carbocycles. The molecule has 8 nitrogen and oxygen atoms in total. The van der Waals surface area contributed by atoms with E-state index in [4.69, 9.17) is 21.1 Å². The van der Waals surface area contributed by atoms with Gasteiger partial charge in [-0.15, -0.1) is 13.2 Å². The molecule has 3 saturated heterocycles. The maximum atomic E-state index is 14.3. The Morgan fingerprint density at radius 3 is 2.76 bits per heavy atom. The van der Waals surface area contributed by atoms with Crippen molar-refractivity contribution >= 4 is 35.1 Å². The number of ether oxygens (including phenoxy) is 2. The number of rotatable bonds is 12. The normalized spacial score (nSPS) is 28.6. The smallest absolute Gasteiger partial charge is 0.312 e. The molecular formula is C28H35ClN2O6. The highest BCUT2D eigenvalue weighted by Crippen LogP contribution is 2.59. The van der Waals surface area contributed by atoms with E-state index in [1.54, 1.807) is 37.3 Å². The predicted molar refractivity (Wildman–Crippen MR) is 140 cm³/mol. The molecule has 2 bridgehead atoms. The molecule has 9 heteroatoms. The van der Waals surface area contributed by atoms with Crippen LogP contribution in [-0.4, -0.2) is 71.3 Å². The molecule has 3 fully saturated rings. The summed E-state index contributed by atoms with van der Waals surface area (Å²) in [6.07, 6.45) is 6.29. The number of halogens is 1. The number of aliphatic hydroxyl groups is 1. The average Bonchev–Trinajstić information content (AvgIpc) is 3.54. The average molecular weight is 531 g/mol. The van der Waals surface area contributed by atoms with Crippen molar-refractivity contribution in [1.29, 1.82) is 0 Å². The van der Waals surface area contributed by atoms with E-state index in [1.807, 2.05) is 6.08 Å². The van der Waals surface area contributed by atoms with Crippen LogP contribution in [0.15, 0.2) is 49.6 Å². The highest BCUT2D eigenvalue weighted by atomic mass is 35.5. The first-order valence-electron chi connectivity index (χ1n) is 12.9. The van der Waals surface area contributed by atoms with Gasteiger partial charge in [-0.2, -0.15) is 0 Å². The predicted octanol–water partition coefficient (Wildman–Crippen LogP) is 3.51. The minimum atomic E-state index is -1.19. The number of allylic oxidation sites excluding steroid dienone is 1. The molecule has 0 aliphatic carbocycles. The van der Waals surface area contributed by atoms with Crippen LogP contribution in [0.2, 0.25) is 5.02 Å². The summed E-state index contributed by atoms with van der Waals surface area (Å²) in [5.74, 6) is -2.87. The van der Waals surface area contributed by atoms with Gasteiger partial charge in [-0.25, -0.2) is 0 Å². The molecular weight excluding hydrogens is 496 g/mol. The molecule has 37 heavy (non-hydrogen) atoms. The largest absolute Gasteiger partial charge is 0.465 e. The van der Waals surface area contributed by atoms with E-state index in [9.17, 15) is 19.5 Å². The van der Waals surface area contributed by atoms with E-state index in [0.717, 1.165) is 12.8 Å². The Balaban J connectivity index is 1.68. The van der Waals surface area contributed by atoms with Crippen molar-refractivity contribution in [3.8, 4) is 0 Å². The van der Waals surface area contributed by atoms with E-state index >= 15 is 0 Å². The van der Waals surface area contributed by atoms with E-state index in [1.165, 1.54) is 9.80 Å². The number of amides is 2. The maximum absolute atomic E-state index is 14.3. The summed E-state index contributed by atoms with van der Waals surface area (Å²) in [6, 6.07) is 5.28. The Labute approximate surface area is 222 Å². The van der Waals surface area contributed by atoms with Crippen LogP contribution < -0.4 is 4.90 Å². The first kappa shape index (κ1) is 27.4. The van der Waals surface area contributed by atoms with Crippen molar-refractivity contribution < 1.29 is 29.0 Å². The van der Waals surface area contributed by atoms with Crippen LogP contribution in [0.25, 0.3) is 0 Å². The molecule has 2 unspecified atom stereocenters. The van der Waals surface area contributed by atoms with Gasteiger partial charge in [-0.1, -0.05) is 35.9 Å². The minimum absolute atomic E-state index is 0.162. The van der Waals surface area contributed by atoms with Gasteiger partial charge in [0.25, 0.3) is 5.91 Å². The Morgan fingerprint density at radius 1 is 1.32 bits per heavy atom. The van der Waals surface area contributed by atoms with Gasteiger partial charge in [-0.05, 0) is 51.2 Å². The number of carbonyl (C=O) groups is 3. The number of fused-ring (bicyclic) bond motifs is 1. The van der Waals surface area contributed by atoms with E-state index in [-0.39, 0.29) is 31.6 Å². The fraction of sp³-hybridized carbons (Fsp3) is 0.536. The summed E-state index contributed by atoms with van der Waals surface area (Å²) in [5.41, 5.74) is -0.698. The third-order valence-corrected chi connectivity index (χ3v) is 8.07. The fourth-order valence-corrected chi connectivity index (χ4v) is 6.35. The third kappa shape index (κ3) is 4.71. The summed E-state index contributed by atoms with van der Waals surface area (Å²) in [4.78, 5) is 44.3. The van der Waals surface area contributed by atoms with Crippen LogP contribution >= 0.6 is 11.6 Å². The van der Waals surface area contributed by atoms with E-state index in [0.29, 0.717) is 30.0 Å². The van der Waals surface area contributed by atoms with Gasteiger partial charge in [0.05, 0.1) is 47.9 Å². The second kappa shape index (κ2) is 11.4. The third-order valence-electron chi connectivity index (χ3n) is 7.75. The van der Waals surface area contributed by atoms with E-state index in [2.05, 4.69) is 13.2 Å². The van der Waals surface area contributed by atoms with Crippen LogP contribution in [0.1, 0.15) is 39.0 Å². The molecule has 200 valence electrons. The number of hydrogen-bond acceptors (Lipinski definition) is 6. The molecule has 0 aromatic heterocycles. The number of likely N-dealkylation sites (tertiary alicyclic amines) is 1. The summed E-state index contributed by atoms with van der Waals surface area (Å²) in [5, 5.41) is 10.4. The zero-order chi connectivity index (χ0) is 26.7. The first-order valence-corrected chi connectivity index (χ1v) is 13.2. The van der Waals surface area contributed by atoms with Crippen LogP contribution in [0, 0.1) is 11.8 Å². The quantitative estimate of drug-likeness (QED) is 0.252. The van der Waals surface area contributed by atoms with Crippen molar-refractivity contribution in [2.24, 2.45) is 11.8 Å². The van der Waals surface area contributed by atoms with Gasteiger partial charge in [0.2, 0.25) is 5.91 Å². The van der Waals surface area contributed by atoms with Gasteiger partial charge in [-0.3, -0.25) is 14.4 Å². The molecule has 2 amide bonds. The van der Waals surface area contributed by atoms with Crippen LogP contribution in [0.3, 0.4) is 0 Å². The first-order chi connectivity index (χ1) is 17.8. The zero-order valence-electron chi connectivity index (χ0n) is 21.2. The van der Waals surface area contributed by atoms with E-state index < -0.39 is 41.6 Å². The molecule has 6 atom stereocenters. The zero-order valence-corrected chi connectivity index (χ0v) is 21.9. The highest BCUT2D eigenvalue weighted by Gasteiger charge is 2.75.